The number of amides is 1. The summed E-state index contributed by atoms with van der Waals surface area (Å²) in [6.07, 6.45) is 0.186. The first-order chi connectivity index (χ1) is 14.0. The van der Waals surface area contributed by atoms with E-state index in [1.54, 1.807) is 50.6 Å². The number of ether oxygens (including phenoxy) is 2. The van der Waals surface area contributed by atoms with Crippen LogP contribution in [0.5, 0.6) is 11.5 Å². The van der Waals surface area contributed by atoms with E-state index >= 15 is 0 Å². The van der Waals surface area contributed by atoms with Crippen LogP contribution in [0.15, 0.2) is 59.1 Å². The van der Waals surface area contributed by atoms with Crippen LogP contribution in [0.4, 0.5) is 0 Å². The summed E-state index contributed by atoms with van der Waals surface area (Å²) in [6, 6.07) is 16.4. The molecule has 0 bridgehead atoms. The van der Waals surface area contributed by atoms with Gasteiger partial charge in [-0.05, 0) is 42.0 Å². The van der Waals surface area contributed by atoms with Gasteiger partial charge in [-0.1, -0.05) is 23.9 Å². The van der Waals surface area contributed by atoms with Crippen molar-refractivity contribution in [3.63, 3.8) is 0 Å². The highest BCUT2D eigenvalue weighted by atomic mass is 32.2. The zero-order valence-electron chi connectivity index (χ0n) is 16.1. The average Bonchev–Trinajstić information content (AvgIpc) is 2.77. The largest absolute Gasteiger partial charge is 0.497 e. The van der Waals surface area contributed by atoms with Gasteiger partial charge in [0.25, 0.3) is 0 Å². The monoisotopic (exact) mass is 408 g/mol. The van der Waals surface area contributed by atoms with Crippen LogP contribution in [-0.2, 0) is 4.79 Å². The molecule has 0 aliphatic carbocycles. The Hall–Kier alpha value is -3.24. The molecule has 0 spiro atoms. The number of Topliss-reactive ketones (excluding diaryl/α,β-unsaturated/α-hetero) is 1. The van der Waals surface area contributed by atoms with Crippen LogP contribution in [0.2, 0.25) is 0 Å². The summed E-state index contributed by atoms with van der Waals surface area (Å²) in [5.41, 5.74) is 1.87. The predicted molar refractivity (Wildman–Crippen MR) is 111 cm³/mol. The molecule has 0 aromatic heterocycles. The number of thioether (sulfide) groups is 1. The van der Waals surface area contributed by atoms with Crippen LogP contribution in [0, 0.1) is 11.3 Å². The van der Waals surface area contributed by atoms with E-state index in [2.05, 4.69) is 11.4 Å². The topological polar surface area (TPSA) is 88.4 Å². The van der Waals surface area contributed by atoms with E-state index in [4.69, 9.17) is 9.47 Å². The second-order valence-electron chi connectivity index (χ2n) is 6.37. The van der Waals surface area contributed by atoms with Gasteiger partial charge in [0.1, 0.15) is 11.5 Å². The van der Waals surface area contributed by atoms with E-state index in [9.17, 15) is 14.9 Å². The summed E-state index contributed by atoms with van der Waals surface area (Å²) in [4.78, 5) is 24.7. The number of benzene rings is 2. The summed E-state index contributed by atoms with van der Waals surface area (Å²) in [6.45, 7) is 0. The molecule has 1 aliphatic heterocycles. The standard InChI is InChI=1S/C22H20N2O4S/c1-27-16-7-3-14(4-8-16)18-11-21(26)24-22(19(18)12-23)29-13-20(25)15-5-9-17(28-2)10-6-15/h3-10,18H,11,13H2,1-2H3,(H,24,26)/t18-/m1/s1. The molecule has 29 heavy (non-hydrogen) atoms. The zero-order valence-corrected chi connectivity index (χ0v) is 16.9. The van der Waals surface area contributed by atoms with Gasteiger partial charge in [0.05, 0.1) is 36.6 Å². The number of hydrogen-bond acceptors (Lipinski definition) is 6. The van der Waals surface area contributed by atoms with Crippen LogP contribution in [0.1, 0.15) is 28.3 Å². The first-order valence-electron chi connectivity index (χ1n) is 8.93. The highest BCUT2D eigenvalue weighted by molar-refractivity contribution is 8.03. The zero-order chi connectivity index (χ0) is 20.8. The quantitative estimate of drug-likeness (QED) is 0.704. The van der Waals surface area contributed by atoms with E-state index in [0.29, 0.717) is 27.7 Å². The second kappa shape index (κ2) is 9.30. The lowest BCUT2D eigenvalue weighted by Gasteiger charge is -2.25. The Morgan fingerprint density at radius 3 is 2.24 bits per heavy atom. The van der Waals surface area contributed by atoms with Crippen LogP contribution in [0.3, 0.4) is 0 Å². The van der Waals surface area contributed by atoms with Crippen molar-refractivity contribution in [3.8, 4) is 17.6 Å². The number of carbonyl (C=O) groups excluding carboxylic acids is 2. The Kier molecular flexibility index (Phi) is 6.57. The molecule has 0 saturated heterocycles. The summed E-state index contributed by atoms with van der Waals surface area (Å²) in [5, 5.41) is 12.9. The van der Waals surface area contributed by atoms with Crippen molar-refractivity contribution in [2.75, 3.05) is 20.0 Å². The van der Waals surface area contributed by atoms with Gasteiger partial charge in [-0.15, -0.1) is 0 Å². The molecule has 3 rings (SSSR count). The van der Waals surface area contributed by atoms with Crippen molar-refractivity contribution in [2.24, 2.45) is 0 Å². The van der Waals surface area contributed by atoms with E-state index in [-0.39, 0.29) is 29.8 Å². The number of rotatable bonds is 7. The normalized spacial score (nSPS) is 16.0. The van der Waals surface area contributed by atoms with Gasteiger partial charge in [-0.2, -0.15) is 5.26 Å². The Morgan fingerprint density at radius 1 is 1.10 bits per heavy atom. The van der Waals surface area contributed by atoms with Gasteiger partial charge >= 0.3 is 0 Å². The molecule has 1 N–H and O–H groups in total. The van der Waals surface area contributed by atoms with Crippen molar-refractivity contribution < 1.29 is 19.1 Å². The highest BCUT2D eigenvalue weighted by Crippen LogP contribution is 2.36. The number of hydrogen-bond donors (Lipinski definition) is 1. The first-order valence-corrected chi connectivity index (χ1v) is 9.92. The third-order valence-electron chi connectivity index (χ3n) is 4.63. The Bertz CT molecular complexity index is 975. The molecular formula is C22H20N2O4S. The SMILES string of the molecule is COc1ccc(C(=O)CSC2=C(C#N)[C@@H](c3ccc(OC)cc3)CC(=O)N2)cc1. The minimum atomic E-state index is -0.349. The van der Waals surface area contributed by atoms with Crippen molar-refractivity contribution in [1.29, 1.82) is 5.26 Å². The van der Waals surface area contributed by atoms with Crippen LogP contribution in [0.25, 0.3) is 0 Å². The molecule has 2 aromatic rings. The molecule has 0 unspecified atom stereocenters. The van der Waals surface area contributed by atoms with Crippen LogP contribution < -0.4 is 14.8 Å². The Balaban J connectivity index is 1.79. The van der Waals surface area contributed by atoms with Crippen LogP contribution in [-0.4, -0.2) is 31.7 Å². The Morgan fingerprint density at radius 2 is 1.69 bits per heavy atom. The van der Waals surface area contributed by atoms with Gasteiger partial charge in [-0.3, -0.25) is 9.59 Å². The average molecular weight is 408 g/mol. The summed E-state index contributed by atoms with van der Waals surface area (Å²) in [7, 11) is 3.14. The predicted octanol–water partition coefficient (Wildman–Crippen LogP) is 3.66. The second-order valence-corrected chi connectivity index (χ2v) is 7.36. The van der Waals surface area contributed by atoms with E-state index in [1.807, 2.05) is 12.1 Å². The lowest BCUT2D eigenvalue weighted by Crippen LogP contribution is -2.31. The summed E-state index contributed by atoms with van der Waals surface area (Å²) >= 11 is 1.17. The molecule has 1 amide bonds. The van der Waals surface area contributed by atoms with Gasteiger partial charge in [0, 0.05) is 17.9 Å². The number of allylic oxidation sites excluding steroid dienone is 1. The Labute approximate surface area is 173 Å². The van der Waals surface area contributed by atoms with Gasteiger partial charge in [0.2, 0.25) is 5.91 Å². The molecule has 7 heteroatoms. The number of ketones is 1. The molecule has 1 atom stereocenters. The van der Waals surface area contributed by atoms with Crippen molar-refractivity contribution in [3.05, 3.63) is 70.3 Å². The van der Waals surface area contributed by atoms with E-state index in [0.717, 1.165) is 5.56 Å². The number of nitriles is 1. The fraction of sp³-hybridized carbons (Fsp3) is 0.227. The molecule has 0 radical (unpaired) electrons. The summed E-state index contributed by atoms with van der Waals surface area (Å²) in [5.74, 6) is 0.870. The molecular weight excluding hydrogens is 388 g/mol. The van der Waals surface area contributed by atoms with Crippen LogP contribution >= 0.6 is 11.8 Å². The molecule has 6 nitrogen and oxygen atoms in total. The minimum absolute atomic E-state index is 0.0942. The number of methoxy groups -OCH3 is 2. The number of carbonyl (C=O) groups is 2. The lowest BCUT2D eigenvalue weighted by atomic mass is 9.87. The van der Waals surface area contributed by atoms with E-state index < -0.39 is 0 Å². The minimum Gasteiger partial charge on any atom is -0.497 e. The van der Waals surface area contributed by atoms with Gasteiger partial charge in [0.15, 0.2) is 5.78 Å². The maximum atomic E-state index is 12.5. The van der Waals surface area contributed by atoms with Gasteiger partial charge in [-0.25, -0.2) is 0 Å². The molecule has 1 heterocycles. The highest BCUT2D eigenvalue weighted by Gasteiger charge is 2.30. The molecule has 148 valence electrons. The number of nitrogens with zero attached hydrogens (tertiary/aromatic N) is 1. The maximum Gasteiger partial charge on any atom is 0.225 e. The molecule has 1 aliphatic rings. The fourth-order valence-corrected chi connectivity index (χ4v) is 4.02. The lowest BCUT2D eigenvalue weighted by molar-refractivity contribution is -0.120. The summed E-state index contributed by atoms with van der Waals surface area (Å²) < 4.78 is 10.3. The fourth-order valence-electron chi connectivity index (χ4n) is 3.05. The first kappa shape index (κ1) is 20.5. The van der Waals surface area contributed by atoms with Crippen molar-refractivity contribution in [1.82, 2.24) is 5.32 Å². The molecule has 0 saturated carbocycles. The molecule has 0 fully saturated rings. The van der Waals surface area contributed by atoms with Crippen molar-refractivity contribution in [2.45, 2.75) is 12.3 Å². The van der Waals surface area contributed by atoms with E-state index in [1.165, 1.54) is 11.8 Å². The molecule has 2 aromatic carbocycles. The van der Waals surface area contributed by atoms with Crippen molar-refractivity contribution >= 4 is 23.5 Å². The third-order valence-corrected chi connectivity index (χ3v) is 5.65. The number of nitrogens with one attached hydrogen (secondary N) is 1. The smallest absolute Gasteiger partial charge is 0.225 e. The maximum absolute atomic E-state index is 12.5. The van der Waals surface area contributed by atoms with Gasteiger partial charge < -0.3 is 14.8 Å². The third kappa shape index (κ3) is 4.79.